The Morgan fingerprint density at radius 3 is 2.56 bits per heavy atom. The zero-order valence-corrected chi connectivity index (χ0v) is 15.8. The minimum absolute atomic E-state index is 0.00108. The topological polar surface area (TPSA) is 69.0 Å². The van der Waals surface area contributed by atoms with Crippen LogP contribution in [0.15, 0.2) is 48.9 Å². The van der Waals surface area contributed by atoms with Crippen LogP contribution in [0.3, 0.4) is 0 Å². The second kappa shape index (κ2) is 7.36. The van der Waals surface area contributed by atoms with Crippen molar-refractivity contribution in [2.24, 2.45) is 0 Å². The summed E-state index contributed by atoms with van der Waals surface area (Å²) in [5.41, 5.74) is 1.82. The van der Waals surface area contributed by atoms with E-state index in [1.54, 1.807) is 24.5 Å². The molecule has 0 atom stereocenters. The van der Waals surface area contributed by atoms with Gasteiger partial charge in [0.05, 0.1) is 6.20 Å². The van der Waals surface area contributed by atoms with Crippen molar-refractivity contribution in [1.29, 1.82) is 0 Å². The van der Waals surface area contributed by atoms with E-state index in [-0.39, 0.29) is 11.1 Å². The molecule has 0 aliphatic rings. The van der Waals surface area contributed by atoms with Crippen LogP contribution in [-0.4, -0.2) is 26.2 Å². The highest BCUT2D eigenvalue weighted by molar-refractivity contribution is 6.28. The van der Waals surface area contributed by atoms with E-state index in [0.29, 0.717) is 5.69 Å². The summed E-state index contributed by atoms with van der Waals surface area (Å²) in [7, 11) is 0. The number of aromatic nitrogens is 3. The zero-order valence-electron chi connectivity index (χ0n) is 15.0. The van der Waals surface area contributed by atoms with Crippen LogP contribution in [0.1, 0.15) is 20.8 Å². The minimum Gasteiger partial charge on any atom is -0.443 e. The predicted molar refractivity (Wildman–Crippen MR) is 102 cm³/mol. The van der Waals surface area contributed by atoms with Gasteiger partial charge in [-0.2, -0.15) is 4.98 Å². The van der Waals surface area contributed by atoms with Crippen LogP contribution in [0.2, 0.25) is 5.28 Å². The predicted octanol–water partition coefficient (Wildman–Crippen LogP) is 5.26. The Hall–Kier alpha value is -2.93. The standard InChI is InChI=1S/C19H18ClFN4O2/c1-19(2,3)27-18(26)25-9-8-13(11-25)12-4-6-14(7-5-12)23-16-15(21)10-22-17(20)24-16/h4-11H,1-3H3,(H,22,23,24). The summed E-state index contributed by atoms with van der Waals surface area (Å²) < 4.78 is 20.4. The highest BCUT2D eigenvalue weighted by atomic mass is 35.5. The molecule has 1 aromatic carbocycles. The van der Waals surface area contributed by atoms with Gasteiger partial charge in [0.15, 0.2) is 11.6 Å². The van der Waals surface area contributed by atoms with Crippen molar-refractivity contribution in [2.75, 3.05) is 5.32 Å². The highest BCUT2D eigenvalue weighted by Crippen LogP contribution is 2.24. The van der Waals surface area contributed by atoms with Crippen molar-refractivity contribution >= 4 is 29.2 Å². The molecule has 2 heterocycles. The fourth-order valence-electron chi connectivity index (χ4n) is 2.31. The van der Waals surface area contributed by atoms with E-state index in [0.717, 1.165) is 17.3 Å². The molecule has 6 nitrogen and oxygen atoms in total. The average molecular weight is 389 g/mol. The lowest BCUT2D eigenvalue weighted by atomic mass is 10.1. The first-order chi connectivity index (χ1) is 12.7. The molecular formula is C19H18ClFN4O2. The Kier molecular flexibility index (Phi) is 5.14. The van der Waals surface area contributed by atoms with Crippen LogP contribution >= 0.6 is 11.6 Å². The number of rotatable bonds is 3. The van der Waals surface area contributed by atoms with Crippen LogP contribution in [-0.2, 0) is 4.74 Å². The normalized spacial score (nSPS) is 11.3. The van der Waals surface area contributed by atoms with Gasteiger partial charge >= 0.3 is 6.09 Å². The minimum atomic E-state index is -0.599. The lowest BCUT2D eigenvalue weighted by Gasteiger charge is -2.19. The van der Waals surface area contributed by atoms with Crippen LogP contribution in [0, 0.1) is 5.82 Å². The smallest absolute Gasteiger partial charge is 0.418 e. The molecule has 0 spiro atoms. The summed E-state index contributed by atoms with van der Waals surface area (Å²) in [5.74, 6) is -0.600. The molecule has 27 heavy (non-hydrogen) atoms. The molecular weight excluding hydrogens is 371 g/mol. The third-order valence-electron chi connectivity index (χ3n) is 3.49. The van der Waals surface area contributed by atoms with Crippen LogP contribution in [0.5, 0.6) is 0 Å². The molecule has 0 saturated carbocycles. The molecule has 0 aliphatic heterocycles. The van der Waals surface area contributed by atoms with Gasteiger partial charge in [-0.1, -0.05) is 12.1 Å². The molecule has 0 bridgehead atoms. The molecule has 0 unspecified atom stereocenters. The number of carbonyl (C=O) groups is 1. The first-order valence-corrected chi connectivity index (χ1v) is 8.56. The maximum atomic E-state index is 13.7. The molecule has 3 rings (SSSR count). The number of ether oxygens (including phenoxy) is 1. The molecule has 0 aliphatic carbocycles. The van der Waals surface area contributed by atoms with E-state index in [1.807, 2.05) is 39.0 Å². The number of benzene rings is 1. The first-order valence-electron chi connectivity index (χ1n) is 8.18. The van der Waals surface area contributed by atoms with Gasteiger partial charge in [0, 0.05) is 18.1 Å². The second-order valence-corrected chi connectivity index (χ2v) is 7.16. The monoisotopic (exact) mass is 388 g/mol. The highest BCUT2D eigenvalue weighted by Gasteiger charge is 2.17. The van der Waals surface area contributed by atoms with Crippen molar-refractivity contribution < 1.29 is 13.9 Å². The van der Waals surface area contributed by atoms with Gasteiger partial charge in [-0.05, 0) is 61.7 Å². The number of anilines is 2. The summed E-state index contributed by atoms with van der Waals surface area (Å²) in [4.78, 5) is 19.5. The van der Waals surface area contributed by atoms with Crippen LogP contribution < -0.4 is 5.32 Å². The quantitative estimate of drug-likeness (QED) is 0.619. The zero-order chi connectivity index (χ0) is 19.6. The molecule has 1 N–H and O–H groups in total. The molecule has 8 heteroatoms. The van der Waals surface area contributed by atoms with Gasteiger partial charge < -0.3 is 10.1 Å². The van der Waals surface area contributed by atoms with Crippen LogP contribution in [0.25, 0.3) is 11.1 Å². The molecule has 2 aromatic heterocycles. The van der Waals surface area contributed by atoms with E-state index in [2.05, 4.69) is 15.3 Å². The number of halogens is 2. The van der Waals surface area contributed by atoms with Gasteiger partial charge in [-0.15, -0.1) is 0 Å². The number of carbonyl (C=O) groups excluding carboxylic acids is 1. The molecule has 0 amide bonds. The lowest BCUT2D eigenvalue weighted by molar-refractivity contribution is 0.0537. The van der Waals surface area contributed by atoms with Crippen molar-refractivity contribution in [1.82, 2.24) is 14.5 Å². The fraction of sp³-hybridized carbons (Fsp3) is 0.211. The van der Waals surface area contributed by atoms with Crippen molar-refractivity contribution in [2.45, 2.75) is 26.4 Å². The number of nitrogens with zero attached hydrogens (tertiary/aromatic N) is 3. The largest absolute Gasteiger partial charge is 0.443 e. The Bertz CT molecular complexity index is 965. The fourth-order valence-corrected chi connectivity index (χ4v) is 2.44. The molecule has 0 radical (unpaired) electrons. The summed E-state index contributed by atoms with van der Waals surface area (Å²) in [6.07, 6.45) is 3.91. The molecule has 0 saturated heterocycles. The maximum Gasteiger partial charge on any atom is 0.418 e. The van der Waals surface area contributed by atoms with Gasteiger partial charge in [-0.25, -0.2) is 14.2 Å². The van der Waals surface area contributed by atoms with Gasteiger partial charge in [0.2, 0.25) is 5.28 Å². The van der Waals surface area contributed by atoms with Crippen LogP contribution in [0.4, 0.5) is 20.7 Å². The molecule has 140 valence electrons. The van der Waals surface area contributed by atoms with Crippen molar-refractivity contribution in [3.05, 3.63) is 60.0 Å². The van der Waals surface area contributed by atoms with Gasteiger partial charge in [0.1, 0.15) is 5.60 Å². The number of hydrogen-bond acceptors (Lipinski definition) is 5. The number of hydrogen-bond donors (Lipinski definition) is 1. The van der Waals surface area contributed by atoms with Gasteiger partial charge in [-0.3, -0.25) is 4.57 Å². The third kappa shape index (κ3) is 4.83. The Balaban J connectivity index is 1.74. The SMILES string of the molecule is CC(C)(C)OC(=O)n1ccc(-c2ccc(Nc3nc(Cl)ncc3F)cc2)c1. The third-order valence-corrected chi connectivity index (χ3v) is 3.67. The summed E-state index contributed by atoms with van der Waals surface area (Å²) >= 11 is 5.69. The maximum absolute atomic E-state index is 13.7. The molecule has 0 fully saturated rings. The molecule has 3 aromatic rings. The summed E-state index contributed by atoms with van der Waals surface area (Å²) in [5, 5.41) is 2.81. The second-order valence-electron chi connectivity index (χ2n) is 6.83. The Morgan fingerprint density at radius 2 is 1.89 bits per heavy atom. The Labute approximate surface area is 161 Å². The number of nitrogens with one attached hydrogen (secondary N) is 1. The Morgan fingerprint density at radius 1 is 1.19 bits per heavy atom. The van der Waals surface area contributed by atoms with E-state index in [9.17, 15) is 9.18 Å². The van der Waals surface area contributed by atoms with E-state index in [4.69, 9.17) is 16.3 Å². The lowest BCUT2D eigenvalue weighted by Crippen LogP contribution is -2.26. The first kappa shape index (κ1) is 18.8. The average Bonchev–Trinajstić information content (AvgIpc) is 3.08. The van der Waals surface area contributed by atoms with Gasteiger partial charge in [0.25, 0.3) is 0 Å². The summed E-state index contributed by atoms with van der Waals surface area (Å²) in [6.45, 7) is 5.44. The van der Waals surface area contributed by atoms with E-state index >= 15 is 0 Å². The summed E-state index contributed by atoms with van der Waals surface area (Å²) in [6, 6.07) is 9.05. The van der Waals surface area contributed by atoms with Crippen molar-refractivity contribution in [3.8, 4) is 11.1 Å². The van der Waals surface area contributed by atoms with E-state index < -0.39 is 17.5 Å². The van der Waals surface area contributed by atoms with E-state index in [1.165, 1.54) is 4.57 Å². The van der Waals surface area contributed by atoms with Crippen molar-refractivity contribution in [3.63, 3.8) is 0 Å².